The smallest absolute Gasteiger partial charge is 0.316 e. The molecule has 94 valence electrons. The Bertz CT molecular complexity index is 531. The first kappa shape index (κ1) is 13.3. The highest BCUT2D eigenvalue weighted by Crippen LogP contribution is 2.14. The van der Waals surface area contributed by atoms with Crippen LogP contribution in [0.3, 0.4) is 0 Å². The molecule has 0 radical (unpaired) electrons. The van der Waals surface area contributed by atoms with Crippen LogP contribution in [0.25, 0.3) is 0 Å². The maximum atomic E-state index is 5.75. The second-order valence-electron chi connectivity index (χ2n) is 3.81. The molecule has 0 aliphatic carbocycles. The molecule has 0 bridgehead atoms. The molecule has 0 N–H and O–H groups in total. The van der Waals surface area contributed by atoms with Crippen LogP contribution in [0.2, 0.25) is 0 Å². The third-order valence-corrected chi connectivity index (χ3v) is 3.30. The van der Waals surface area contributed by atoms with Gasteiger partial charge in [-0.1, -0.05) is 28.1 Å². The van der Waals surface area contributed by atoms with E-state index >= 15 is 0 Å². The zero-order valence-corrected chi connectivity index (χ0v) is 12.2. The van der Waals surface area contributed by atoms with E-state index in [0.29, 0.717) is 18.5 Å². The number of nitrogens with zero attached hydrogens (tertiary/aromatic N) is 2. The van der Waals surface area contributed by atoms with E-state index in [1.165, 1.54) is 0 Å². The van der Waals surface area contributed by atoms with E-state index in [1.54, 1.807) is 6.20 Å². The van der Waals surface area contributed by atoms with Crippen molar-refractivity contribution in [2.45, 2.75) is 19.4 Å². The lowest BCUT2D eigenvalue weighted by Crippen LogP contribution is -2.01. The summed E-state index contributed by atoms with van der Waals surface area (Å²) in [6.45, 7) is 2.35. The highest BCUT2D eigenvalue weighted by Gasteiger charge is 2.03. The van der Waals surface area contributed by atoms with Crippen LogP contribution in [0, 0.1) is 6.92 Å². The minimum absolute atomic E-state index is 0.379. The molecule has 18 heavy (non-hydrogen) atoms. The average molecular weight is 328 g/mol. The maximum absolute atomic E-state index is 5.75. The third-order valence-electron chi connectivity index (χ3n) is 2.48. The van der Waals surface area contributed by atoms with Crippen LogP contribution in [0.5, 0.6) is 6.01 Å². The minimum Gasteiger partial charge on any atom is -0.459 e. The van der Waals surface area contributed by atoms with Gasteiger partial charge < -0.3 is 4.74 Å². The fourth-order valence-corrected chi connectivity index (χ4v) is 1.93. The van der Waals surface area contributed by atoms with Gasteiger partial charge in [0.2, 0.25) is 0 Å². The number of hydrogen-bond donors (Lipinski definition) is 0. The lowest BCUT2D eigenvalue weighted by molar-refractivity contribution is 0.279. The van der Waals surface area contributed by atoms with Crippen LogP contribution in [0.15, 0.2) is 34.9 Å². The van der Waals surface area contributed by atoms with E-state index in [2.05, 4.69) is 25.9 Å². The van der Waals surface area contributed by atoms with Crippen LogP contribution >= 0.6 is 27.5 Å². The number of benzene rings is 1. The van der Waals surface area contributed by atoms with Crippen molar-refractivity contribution in [2.75, 3.05) is 0 Å². The second-order valence-corrected chi connectivity index (χ2v) is 4.99. The summed E-state index contributed by atoms with van der Waals surface area (Å²) in [6, 6.07) is 8.31. The third kappa shape index (κ3) is 3.43. The van der Waals surface area contributed by atoms with Crippen LogP contribution in [0.4, 0.5) is 0 Å². The van der Waals surface area contributed by atoms with Gasteiger partial charge in [-0.25, -0.2) is 9.97 Å². The molecule has 5 heteroatoms. The molecule has 0 aliphatic rings. The normalized spacial score (nSPS) is 10.4. The van der Waals surface area contributed by atoms with E-state index in [0.717, 1.165) is 21.3 Å². The van der Waals surface area contributed by atoms with E-state index in [-0.39, 0.29) is 0 Å². The summed E-state index contributed by atoms with van der Waals surface area (Å²) in [4.78, 5) is 8.37. The van der Waals surface area contributed by atoms with Gasteiger partial charge in [-0.2, -0.15) is 0 Å². The zero-order chi connectivity index (χ0) is 13.0. The Morgan fingerprint density at radius 1 is 1.28 bits per heavy atom. The molecular formula is C13H12BrClN2O. The second kappa shape index (κ2) is 6.16. The van der Waals surface area contributed by atoms with Gasteiger partial charge in [0.1, 0.15) is 6.61 Å². The summed E-state index contributed by atoms with van der Waals surface area (Å²) in [5.74, 6) is 0.416. The fraction of sp³-hybridized carbons (Fsp3) is 0.231. The molecule has 0 saturated carbocycles. The van der Waals surface area contributed by atoms with Crippen molar-refractivity contribution in [1.82, 2.24) is 9.97 Å². The summed E-state index contributed by atoms with van der Waals surface area (Å²) in [6.07, 6.45) is 1.70. The Hall–Kier alpha value is -1.13. The van der Waals surface area contributed by atoms with Crippen molar-refractivity contribution >= 4 is 27.5 Å². The predicted octanol–water partition coefficient (Wildman–Crippen LogP) is 3.87. The Balaban J connectivity index is 2.02. The molecule has 0 aliphatic heterocycles. The number of alkyl halides is 1. The summed E-state index contributed by atoms with van der Waals surface area (Å²) >= 11 is 9.14. The number of halogens is 2. The first-order valence-corrected chi connectivity index (χ1v) is 6.77. The molecule has 0 atom stereocenters. The molecule has 1 heterocycles. The van der Waals surface area contributed by atoms with Crippen molar-refractivity contribution in [3.63, 3.8) is 0 Å². The highest BCUT2D eigenvalue weighted by atomic mass is 79.9. The van der Waals surface area contributed by atoms with Crippen LogP contribution in [-0.4, -0.2) is 9.97 Å². The summed E-state index contributed by atoms with van der Waals surface area (Å²) in [5, 5.41) is 0. The van der Waals surface area contributed by atoms with Crippen LogP contribution < -0.4 is 4.74 Å². The maximum Gasteiger partial charge on any atom is 0.316 e. The lowest BCUT2D eigenvalue weighted by Gasteiger charge is -2.06. The Morgan fingerprint density at radius 3 is 2.61 bits per heavy atom. The molecule has 2 rings (SSSR count). The van der Waals surface area contributed by atoms with Crippen molar-refractivity contribution in [1.29, 1.82) is 0 Å². The quantitative estimate of drug-likeness (QED) is 0.800. The van der Waals surface area contributed by atoms with Crippen molar-refractivity contribution in [3.8, 4) is 6.01 Å². The molecule has 0 unspecified atom stereocenters. The van der Waals surface area contributed by atoms with Gasteiger partial charge in [-0.15, -0.1) is 11.6 Å². The SMILES string of the molecule is Cc1nc(OCc2ccc(Br)cc2)ncc1CCl. The van der Waals surface area contributed by atoms with Crippen molar-refractivity contribution in [3.05, 3.63) is 51.8 Å². The van der Waals surface area contributed by atoms with E-state index in [9.17, 15) is 0 Å². The molecule has 2 aromatic rings. The van der Waals surface area contributed by atoms with E-state index in [1.807, 2.05) is 31.2 Å². The van der Waals surface area contributed by atoms with Gasteiger partial charge in [0.25, 0.3) is 0 Å². The van der Waals surface area contributed by atoms with Crippen molar-refractivity contribution in [2.24, 2.45) is 0 Å². The molecule has 0 amide bonds. The summed E-state index contributed by atoms with van der Waals surface area (Å²) < 4.78 is 6.58. The summed E-state index contributed by atoms with van der Waals surface area (Å²) in [5.41, 5.74) is 2.85. The number of ether oxygens (including phenoxy) is 1. The lowest BCUT2D eigenvalue weighted by atomic mass is 10.2. The Morgan fingerprint density at radius 2 is 2.00 bits per heavy atom. The first-order chi connectivity index (χ1) is 8.69. The minimum atomic E-state index is 0.379. The van der Waals surface area contributed by atoms with E-state index < -0.39 is 0 Å². The van der Waals surface area contributed by atoms with Crippen LogP contribution in [-0.2, 0) is 12.5 Å². The van der Waals surface area contributed by atoms with Gasteiger partial charge in [0, 0.05) is 21.9 Å². The van der Waals surface area contributed by atoms with E-state index in [4.69, 9.17) is 16.3 Å². The predicted molar refractivity (Wildman–Crippen MR) is 74.8 cm³/mol. The number of hydrogen-bond acceptors (Lipinski definition) is 3. The van der Waals surface area contributed by atoms with Gasteiger partial charge in [0.05, 0.1) is 5.88 Å². The van der Waals surface area contributed by atoms with Gasteiger partial charge in [-0.3, -0.25) is 0 Å². The topological polar surface area (TPSA) is 35.0 Å². The largest absolute Gasteiger partial charge is 0.459 e. The van der Waals surface area contributed by atoms with Gasteiger partial charge in [0.15, 0.2) is 0 Å². The molecule has 0 saturated heterocycles. The van der Waals surface area contributed by atoms with Crippen molar-refractivity contribution < 1.29 is 4.74 Å². The molecule has 0 spiro atoms. The Kier molecular flexibility index (Phi) is 4.55. The first-order valence-electron chi connectivity index (χ1n) is 5.45. The number of aromatic nitrogens is 2. The Labute approximate surface area is 119 Å². The average Bonchev–Trinajstić information content (AvgIpc) is 2.38. The highest BCUT2D eigenvalue weighted by molar-refractivity contribution is 9.10. The van der Waals surface area contributed by atoms with Crippen LogP contribution in [0.1, 0.15) is 16.8 Å². The molecule has 1 aromatic heterocycles. The number of aryl methyl sites for hydroxylation is 1. The van der Waals surface area contributed by atoms with Gasteiger partial charge >= 0.3 is 6.01 Å². The molecule has 3 nitrogen and oxygen atoms in total. The molecule has 1 aromatic carbocycles. The summed E-state index contributed by atoms with van der Waals surface area (Å²) in [7, 11) is 0. The van der Waals surface area contributed by atoms with Gasteiger partial charge in [-0.05, 0) is 24.6 Å². The number of rotatable bonds is 4. The molecule has 0 fully saturated rings. The standard InChI is InChI=1S/C13H12BrClN2O/c1-9-11(6-15)7-16-13(17-9)18-8-10-2-4-12(14)5-3-10/h2-5,7H,6,8H2,1H3. The zero-order valence-electron chi connectivity index (χ0n) is 9.86. The molecular weight excluding hydrogens is 316 g/mol. The fourth-order valence-electron chi connectivity index (χ4n) is 1.40. The monoisotopic (exact) mass is 326 g/mol.